The van der Waals surface area contributed by atoms with Gasteiger partial charge in [0.25, 0.3) is 0 Å². The smallest absolute Gasteiger partial charge is 0.396 e. The fraction of sp³-hybridized carbons (Fsp3) is 0.538. The molecule has 1 aromatic carbocycles. The van der Waals surface area contributed by atoms with E-state index in [4.69, 9.17) is 16.7 Å². The molecule has 1 fully saturated rings. The average Bonchev–Trinajstić information content (AvgIpc) is 2.78. The first kappa shape index (κ1) is 14.6. The molecule has 0 spiro atoms. The maximum Gasteiger partial charge on any atom is 0.417 e. The van der Waals surface area contributed by atoms with Crippen LogP contribution in [0.5, 0.6) is 0 Å². The number of benzene rings is 1. The van der Waals surface area contributed by atoms with Gasteiger partial charge in [-0.15, -0.1) is 0 Å². The predicted octanol–water partition coefficient (Wildman–Crippen LogP) is 3.17. The van der Waals surface area contributed by atoms with Gasteiger partial charge in [0.15, 0.2) is 0 Å². The molecular weight excluding hydrogens is 279 g/mol. The Kier molecular flexibility index (Phi) is 4.38. The van der Waals surface area contributed by atoms with Gasteiger partial charge < -0.3 is 5.11 Å². The van der Waals surface area contributed by atoms with Gasteiger partial charge in [0, 0.05) is 19.7 Å². The Morgan fingerprint density at radius 1 is 1.37 bits per heavy atom. The number of hydrogen-bond acceptors (Lipinski definition) is 2. The highest BCUT2D eigenvalue weighted by Gasteiger charge is 2.33. The van der Waals surface area contributed by atoms with Gasteiger partial charge in [-0.05, 0) is 36.6 Å². The molecule has 6 heteroatoms. The van der Waals surface area contributed by atoms with Crippen molar-refractivity contribution >= 4 is 11.6 Å². The van der Waals surface area contributed by atoms with Crippen LogP contribution in [0.25, 0.3) is 0 Å². The van der Waals surface area contributed by atoms with E-state index >= 15 is 0 Å². The number of halogens is 4. The second kappa shape index (κ2) is 5.69. The van der Waals surface area contributed by atoms with Crippen LogP contribution in [0.15, 0.2) is 18.2 Å². The molecule has 2 rings (SSSR count). The van der Waals surface area contributed by atoms with Crippen molar-refractivity contribution in [3.05, 3.63) is 34.3 Å². The molecule has 0 bridgehead atoms. The summed E-state index contributed by atoms with van der Waals surface area (Å²) in [5.41, 5.74) is -0.195. The van der Waals surface area contributed by atoms with Crippen molar-refractivity contribution in [2.24, 2.45) is 5.92 Å². The summed E-state index contributed by atoms with van der Waals surface area (Å²) in [6.45, 7) is 2.11. The van der Waals surface area contributed by atoms with Crippen molar-refractivity contribution < 1.29 is 18.3 Å². The van der Waals surface area contributed by atoms with Crippen molar-refractivity contribution in [2.75, 3.05) is 19.7 Å². The maximum atomic E-state index is 12.7. The minimum absolute atomic E-state index is 0.130. The lowest BCUT2D eigenvalue weighted by Gasteiger charge is -2.17. The predicted molar refractivity (Wildman–Crippen MR) is 66.9 cm³/mol. The fourth-order valence-electron chi connectivity index (χ4n) is 2.35. The van der Waals surface area contributed by atoms with Crippen LogP contribution in [0.1, 0.15) is 17.5 Å². The second-order valence-corrected chi connectivity index (χ2v) is 5.29. The van der Waals surface area contributed by atoms with Gasteiger partial charge in [0.05, 0.1) is 10.6 Å². The van der Waals surface area contributed by atoms with Crippen molar-refractivity contribution in [1.29, 1.82) is 0 Å². The molecule has 0 saturated carbocycles. The van der Waals surface area contributed by atoms with Crippen LogP contribution >= 0.6 is 11.6 Å². The molecular formula is C13H15ClF3NO. The molecule has 106 valence electrons. The van der Waals surface area contributed by atoms with Crippen LogP contribution < -0.4 is 0 Å². The molecule has 1 aromatic rings. The molecule has 1 unspecified atom stereocenters. The number of aliphatic hydroxyl groups excluding tert-OH is 1. The van der Waals surface area contributed by atoms with Gasteiger partial charge in [-0.3, -0.25) is 4.90 Å². The van der Waals surface area contributed by atoms with Gasteiger partial charge in [0.1, 0.15) is 0 Å². The highest BCUT2D eigenvalue weighted by Crippen LogP contribution is 2.35. The summed E-state index contributed by atoms with van der Waals surface area (Å²) >= 11 is 5.58. The van der Waals surface area contributed by atoms with E-state index in [1.165, 1.54) is 6.07 Å². The Morgan fingerprint density at radius 3 is 2.68 bits per heavy atom. The number of rotatable bonds is 3. The molecule has 1 N–H and O–H groups in total. The Morgan fingerprint density at radius 2 is 2.11 bits per heavy atom. The Hall–Kier alpha value is -0.780. The molecule has 0 radical (unpaired) electrons. The van der Waals surface area contributed by atoms with Gasteiger partial charge in [-0.25, -0.2) is 0 Å². The van der Waals surface area contributed by atoms with E-state index in [0.29, 0.717) is 12.1 Å². The molecule has 0 aliphatic carbocycles. The quantitative estimate of drug-likeness (QED) is 0.925. The van der Waals surface area contributed by atoms with E-state index in [9.17, 15) is 13.2 Å². The van der Waals surface area contributed by atoms with E-state index in [0.717, 1.165) is 25.6 Å². The summed E-state index contributed by atoms with van der Waals surface area (Å²) < 4.78 is 38.2. The summed E-state index contributed by atoms with van der Waals surface area (Å²) in [6.07, 6.45) is -3.54. The van der Waals surface area contributed by atoms with E-state index in [1.807, 2.05) is 4.90 Å². The largest absolute Gasteiger partial charge is 0.417 e. The molecule has 2 nitrogen and oxygen atoms in total. The van der Waals surface area contributed by atoms with Crippen molar-refractivity contribution in [2.45, 2.75) is 19.1 Å². The summed E-state index contributed by atoms with van der Waals surface area (Å²) in [5, 5.41) is 8.77. The van der Waals surface area contributed by atoms with Gasteiger partial charge in [-0.2, -0.15) is 13.2 Å². The zero-order valence-electron chi connectivity index (χ0n) is 10.3. The first-order valence-electron chi connectivity index (χ1n) is 6.09. The maximum absolute atomic E-state index is 12.7. The van der Waals surface area contributed by atoms with E-state index in [-0.39, 0.29) is 17.5 Å². The summed E-state index contributed by atoms with van der Waals surface area (Å²) in [4.78, 5) is 2.05. The number of aliphatic hydroxyl groups is 1. The fourth-order valence-corrected chi connectivity index (χ4v) is 2.58. The highest BCUT2D eigenvalue weighted by molar-refractivity contribution is 6.31. The second-order valence-electron chi connectivity index (χ2n) is 4.88. The SMILES string of the molecule is OCC1CCN(Cc2ccc(Cl)c(C(F)(F)F)c2)C1. The lowest BCUT2D eigenvalue weighted by Crippen LogP contribution is -2.21. The van der Waals surface area contributed by atoms with Crippen LogP contribution in [-0.4, -0.2) is 29.7 Å². The van der Waals surface area contributed by atoms with Crippen molar-refractivity contribution in [3.8, 4) is 0 Å². The summed E-state index contributed by atoms with van der Waals surface area (Å²) in [6, 6.07) is 4.01. The van der Waals surface area contributed by atoms with E-state index < -0.39 is 11.7 Å². The molecule has 1 atom stereocenters. The number of nitrogens with zero attached hydrogens (tertiary/aromatic N) is 1. The van der Waals surface area contributed by atoms with Crippen LogP contribution in [0.4, 0.5) is 13.2 Å². The Balaban J connectivity index is 2.10. The highest BCUT2D eigenvalue weighted by atomic mass is 35.5. The van der Waals surface area contributed by atoms with Crippen molar-refractivity contribution in [3.63, 3.8) is 0 Å². The van der Waals surface area contributed by atoms with Crippen LogP contribution in [-0.2, 0) is 12.7 Å². The summed E-state index contributed by atoms with van der Waals surface area (Å²) in [5.74, 6) is 0.231. The molecule has 0 amide bonds. The van der Waals surface area contributed by atoms with Crippen LogP contribution in [0.3, 0.4) is 0 Å². The monoisotopic (exact) mass is 293 g/mol. The molecule has 0 aromatic heterocycles. The van der Waals surface area contributed by atoms with Crippen molar-refractivity contribution in [1.82, 2.24) is 4.90 Å². The third-order valence-corrected chi connectivity index (χ3v) is 3.70. The normalized spacial score (nSPS) is 21.0. The Bertz CT molecular complexity index is 450. The Labute approximate surface area is 114 Å². The molecule has 1 saturated heterocycles. The van der Waals surface area contributed by atoms with E-state index in [1.54, 1.807) is 6.07 Å². The first-order valence-corrected chi connectivity index (χ1v) is 6.47. The van der Waals surface area contributed by atoms with Gasteiger partial charge in [0.2, 0.25) is 0 Å². The lowest BCUT2D eigenvalue weighted by atomic mass is 10.1. The number of likely N-dealkylation sites (tertiary alicyclic amines) is 1. The third-order valence-electron chi connectivity index (χ3n) is 3.37. The zero-order valence-corrected chi connectivity index (χ0v) is 11.0. The van der Waals surface area contributed by atoms with Gasteiger partial charge >= 0.3 is 6.18 Å². The van der Waals surface area contributed by atoms with E-state index in [2.05, 4.69) is 0 Å². The zero-order chi connectivity index (χ0) is 14.0. The van der Waals surface area contributed by atoms with Crippen LogP contribution in [0.2, 0.25) is 5.02 Å². The van der Waals surface area contributed by atoms with Gasteiger partial charge in [-0.1, -0.05) is 17.7 Å². The lowest BCUT2D eigenvalue weighted by molar-refractivity contribution is -0.137. The molecule has 1 heterocycles. The number of alkyl halides is 3. The van der Waals surface area contributed by atoms with Crippen LogP contribution in [0, 0.1) is 5.92 Å². The molecule has 1 aliphatic heterocycles. The third kappa shape index (κ3) is 3.61. The first-order chi connectivity index (χ1) is 8.90. The topological polar surface area (TPSA) is 23.5 Å². The minimum Gasteiger partial charge on any atom is -0.396 e. The summed E-state index contributed by atoms with van der Waals surface area (Å²) in [7, 11) is 0. The standard InChI is InChI=1S/C13H15ClF3NO/c14-12-2-1-9(5-11(12)13(15,16)17)6-18-4-3-10(7-18)8-19/h1-2,5,10,19H,3-4,6-8H2. The number of hydrogen-bond donors (Lipinski definition) is 1. The average molecular weight is 294 g/mol. The minimum atomic E-state index is -4.42. The molecule has 19 heavy (non-hydrogen) atoms. The molecule has 1 aliphatic rings.